The summed E-state index contributed by atoms with van der Waals surface area (Å²) in [6, 6.07) is 17.2. The molecule has 18 heavy (non-hydrogen) atoms. The number of hydrogen-bond acceptors (Lipinski definition) is 2. The number of hydrogen-bond donors (Lipinski definition) is 1. The zero-order valence-corrected chi connectivity index (χ0v) is 11.3. The fourth-order valence-corrected chi connectivity index (χ4v) is 3.42. The van der Waals surface area contributed by atoms with Crippen LogP contribution < -0.4 is 5.32 Å². The standard InChI is InChI=1S/C16H15NS/c1-11-16(12-7-9-13(17-2)10-8-12)14-5-3-4-6-15(14)18-11/h3-10,17H,1-2H3. The van der Waals surface area contributed by atoms with Crippen molar-refractivity contribution in [3.63, 3.8) is 0 Å². The third-order valence-electron chi connectivity index (χ3n) is 3.23. The molecule has 3 rings (SSSR count). The second kappa shape index (κ2) is 4.46. The molecule has 1 heterocycles. The summed E-state index contributed by atoms with van der Waals surface area (Å²) in [6.07, 6.45) is 0. The molecule has 0 spiro atoms. The highest BCUT2D eigenvalue weighted by Gasteiger charge is 2.10. The van der Waals surface area contributed by atoms with Gasteiger partial charge in [-0.3, -0.25) is 0 Å². The van der Waals surface area contributed by atoms with Crippen LogP contribution in [-0.4, -0.2) is 7.05 Å². The van der Waals surface area contributed by atoms with Crippen LogP contribution in [0.2, 0.25) is 0 Å². The van der Waals surface area contributed by atoms with Gasteiger partial charge >= 0.3 is 0 Å². The van der Waals surface area contributed by atoms with E-state index in [1.807, 2.05) is 18.4 Å². The van der Waals surface area contributed by atoms with E-state index in [9.17, 15) is 0 Å². The number of aryl methyl sites for hydroxylation is 1. The van der Waals surface area contributed by atoms with E-state index in [1.54, 1.807) is 0 Å². The van der Waals surface area contributed by atoms with Crippen molar-refractivity contribution in [2.45, 2.75) is 6.92 Å². The van der Waals surface area contributed by atoms with Crippen molar-refractivity contribution in [3.8, 4) is 11.1 Å². The number of nitrogens with one attached hydrogen (secondary N) is 1. The fraction of sp³-hybridized carbons (Fsp3) is 0.125. The molecule has 90 valence electrons. The lowest BCUT2D eigenvalue weighted by Crippen LogP contribution is -1.87. The lowest BCUT2D eigenvalue weighted by molar-refractivity contribution is 1.51. The van der Waals surface area contributed by atoms with E-state index in [0.717, 1.165) is 5.69 Å². The Morgan fingerprint density at radius 2 is 1.67 bits per heavy atom. The van der Waals surface area contributed by atoms with E-state index in [2.05, 4.69) is 60.8 Å². The third kappa shape index (κ3) is 1.79. The molecule has 0 fully saturated rings. The van der Waals surface area contributed by atoms with Crippen LogP contribution >= 0.6 is 11.3 Å². The molecule has 2 heteroatoms. The Kier molecular flexibility index (Phi) is 2.80. The number of anilines is 1. The SMILES string of the molecule is CNc1ccc(-c2c(C)sc3ccccc23)cc1. The van der Waals surface area contributed by atoms with Gasteiger partial charge in [0.1, 0.15) is 0 Å². The summed E-state index contributed by atoms with van der Waals surface area (Å²) in [4.78, 5) is 1.38. The summed E-state index contributed by atoms with van der Waals surface area (Å²) >= 11 is 1.87. The normalized spacial score (nSPS) is 10.8. The molecule has 1 N–H and O–H groups in total. The second-order valence-corrected chi connectivity index (χ2v) is 5.61. The van der Waals surface area contributed by atoms with Gasteiger partial charge in [0.25, 0.3) is 0 Å². The summed E-state index contributed by atoms with van der Waals surface area (Å²) in [5.74, 6) is 0. The summed E-state index contributed by atoms with van der Waals surface area (Å²) in [7, 11) is 1.94. The van der Waals surface area contributed by atoms with Crippen LogP contribution in [0.15, 0.2) is 48.5 Å². The molecule has 0 unspecified atom stereocenters. The van der Waals surface area contributed by atoms with Gasteiger partial charge in [-0.1, -0.05) is 30.3 Å². The van der Waals surface area contributed by atoms with Gasteiger partial charge in [0.05, 0.1) is 0 Å². The topological polar surface area (TPSA) is 12.0 Å². The first kappa shape index (κ1) is 11.3. The van der Waals surface area contributed by atoms with Gasteiger partial charge in [-0.15, -0.1) is 11.3 Å². The van der Waals surface area contributed by atoms with Gasteiger partial charge in [-0.05, 0) is 30.7 Å². The maximum absolute atomic E-state index is 3.15. The number of thiophene rings is 1. The van der Waals surface area contributed by atoms with Gasteiger partial charge in [-0.25, -0.2) is 0 Å². The Bertz CT molecular complexity index is 680. The maximum Gasteiger partial charge on any atom is 0.0352 e. The van der Waals surface area contributed by atoms with Gasteiger partial charge in [-0.2, -0.15) is 0 Å². The highest BCUT2D eigenvalue weighted by Crippen LogP contribution is 2.38. The van der Waals surface area contributed by atoms with Crippen LogP contribution in [0.5, 0.6) is 0 Å². The summed E-state index contributed by atoms with van der Waals surface area (Å²) in [5.41, 5.74) is 3.82. The Morgan fingerprint density at radius 3 is 2.39 bits per heavy atom. The lowest BCUT2D eigenvalue weighted by Gasteiger charge is -2.04. The van der Waals surface area contributed by atoms with Crippen molar-refractivity contribution < 1.29 is 0 Å². The molecule has 0 aliphatic rings. The Morgan fingerprint density at radius 1 is 0.944 bits per heavy atom. The molecule has 3 aromatic rings. The van der Waals surface area contributed by atoms with Crippen LogP contribution in [-0.2, 0) is 0 Å². The highest BCUT2D eigenvalue weighted by atomic mass is 32.1. The molecule has 0 amide bonds. The second-order valence-electron chi connectivity index (χ2n) is 4.36. The van der Waals surface area contributed by atoms with Crippen LogP contribution in [0.25, 0.3) is 21.2 Å². The monoisotopic (exact) mass is 253 g/mol. The van der Waals surface area contributed by atoms with Crippen molar-refractivity contribution in [1.82, 2.24) is 0 Å². The molecule has 2 aromatic carbocycles. The van der Waals surface area contributed by atoms with Crippen molar-refractivity contribution in [1.29, 1.82) is 0 Å². The van der Waals surface area contributed by atoms with Crippen LogP contribution in [0.4, 0.5) is 5.69 Å². The van der Waals surface area contributed by atoms with Gasteiger partial charge in [0.2, 0.25) is 0 Å². The minimum absolute atomic E-state index is 1.15. The van der Waals surface area contributed by atoms with E-state index in [1.165, 1.54) is 26.1 Å². The number of fused-ring (bicyclic) bond motifs is 1. The quantitative estimate of drug-likeness (QED) is 0.683. The molecular weight excluding hydrogens is 238 g/mol. The first-order valence-corrected chi connectivity index (χ1v) is 6.87. The molecule has 0 saturated heterocycles. The van der Waals surface area contributed by atoms with E-state index >= 15 is 0 Å². The van der Waals surface area contributed by atoms with Crippen LogP contribution in [0, 0.1) is 6.92 Å². The summed E-state index contributed by atoms with van der Waals surface area (Å²) in [6.45, 7) is 2.20. The molecule has 0 atom stereocenters. The summed E-state index contributed by atoms with van der Waals surface area (Å²) < 4.78 is 1.36. The predicted octanol–water partition coefficient (Wildman–Crippen LogP) is 4.92. The van der Waals surface area contributed by atoms with Gasteiger partial charge in [0, 0.05) is 33.3 Å². The fourth-order valence-electron chi connectivity index (χ4n) is 2.33. The Hall–Kier alpha value is -1.80. The zero-order valence-electron chi connectivity index (χ0n) is 10.5. The molecule has 0 radical (unpaired) electrons. The molecule has 1 aromatic heterocycles. The first-order chi connectivity index (χ1) is 8.79. The van der Waals surface area contributed by atoms with E-state index in [4.69, 9.17) is 0 Å². The van der Waals surface area contributed by atoms with Crippen molar-refractivity contribution >= 4 is 27.1 Å². The van der Waals surface area contributed by atoms with Crippen molar-refractivity contribution in [2.24, 2.45) is 0 Å². The summed E-state index contributed by atoms with van der Waals surface area (Å²) in [5, 5.41) is 4.51. The van der Waals surface area contributed by atoms with Crippen molar-refractivity contribution in [2.75, 3.05) is 12.4 Å². The smallest absolute Gasteiger partial charge is 0.0352 e. The Labute approximate surface area is 111 Å². The van der Waals surface area contributed by atoms with Gasteiger partial charge < -0.3 is 5.32 Å². The molecular formula is C16H15NS. The highest BCUT2D eigenvalue weighted by molar-refractivity contribution is 7.19. The van der Waals surface area contributed by atoms with Crippen LogP contribution in [0.1, 0.15) is 4.88 Å². The minimum Gasteiger partial charge on any atom is -0.388 e. The third-order valence-corrected chi connectivity index (χ3v) is 4.32. The number of rotatable bonds is 2. The molecule has 0 aliphatic heterocycles. The first-order valence-electron chi connectivity index (χ1n) is 6.06. The van der Waals surface area contributed by atoms with Gasteiger partial charge in [0.15, 0.2) is 0 Å². The number of benzene rings is 2. The molecule has 1 nitrogen and oxygen atoms in total. The molecule has 0 saturated carbocycles. The predicted molar refractivity (Wildman–Crippen MR) is 81.5 cm³/mol. The molecule has 0 bridgehead atoms. The maximum atomic E-state index is 3.15. The lowest BCUT2D eigenvalue weighted by atomic mass is 10.0. The van der Waals surface area contributed by atoms with Crippen molar-refractivity contribution in [3.05, 3.63) is 53.4 Å². The zero-order chi connectivity index (χ0) is 12.5. The van der Waals surface area contributed by atoms with E-state index in [-0.39, 0.29) is 0 Å². The van der Waals surface area contributed by atoms with E-state index < -0.39 is 0 Å². The largest absolute Gasteiger partial charge is 0.388 e. The minimum atomic E-state index is 1.15. The Balaban J connectivity index is 2.20. The van der Waals surface area contributed by atoms with E-state index in [0.29, 0.717) is 0 Å². The van der Waals surface area contributed by atoms with Crippen LogP contribution in [0.3, 0.4) is 0 Å². The average molecular weight is 253 g/mol. The molecule has 0 aliphatic carbocycles. The average Bonchev–Trinajstić information content (AvgIpc) is 2.75.